The molecule has 0 aliphatic carbocycles. The number of carbonyl (C=O) groups excluding carboxylic acids is 1. The molecule has 0 fully saturated rings. The zero-order valence-corrected chi connectivity index (χ0v) is 15.1. The van der Waals surface area contributed by atoms with Crippen LogP contribution in [0.5, 0.6) is 0 Å². The number of carbonyl (C=O) groups is 1. The summed E-state index contributed by atoms with van der Waals surface area (Å²) >= 11 is 0. The molecule has 0 radical (unpaired) electrons. The predicted molar refractivity (Wildman–Crippen MR) is 101 cm³/mol. The Hall–Kier alpha value is -2.04. The summed E-state index contributed by atoms with van der Waals surface area (Å²) in [4.78, 5) is 16.0. The fourth-order valence-electron chi connectivity index (χ4n) is 2.49. The van der Waals surface area contributed by atoms with Crippen molar-refractivity contribution >= 4 is 11.9 Å². The van der Waals surface area contributed by atoms with E-state index in [1.807, 2.05) is 24.3 Å². The first-order valence-electron chi connectivity index (χ1n) is 9.02. The van der Waals surface area contributed by atoms with Crippen LogP contribution in [0, 0.1) is 0 Å². The Morgan fingerprint density at radius 2 is 1.92 bits per heavy atom. The van der Waals surface area contributed by atoms with E-state index in [0.29, 0.717) is 18.1 Å². The fraction of sp³-hybridized carbons (Fsp3) is 0.579. The van der Waals surface area contributed by atoms with E-state index in [9.17, 15) is 4.79 Å². The van der Waals surface area contributed by atoms with Gasteiger partial charge in [0.1, 0.15) is 0 Å². The number of unbranched alkanes of at least 4 members (excludes halogenated alkanes) is 5. The summed E-state index contributed by atoms with van der Waals surface area (Å²) in [6, 6.07) is 7.63. The summed E-state index contributed by atoms with van der Waals surface area (Å²) in [6.45, 7) is 3.73. The van der Waals surface area contributed by atoms with Crippen LogP contribution in [-0.4, -0.2) is 32.0 Å². The largest absolute Gasteiger partial charge is 0.370 e. The van der Waals surface area contributed by atoms with Gasteiger partial charge < -0.3 is 16.4 Å². The lowest BCUT2D eigenvalue weighted by Crippen LogP contribution is -2.33. The molecule has 5 nitrogen and oxygen atoms in total. The molecule has 0 unspecified atom stereocenters. The lowest BCUT2D eigenvalue weighted by molar-refractivity contribution is 0.0963. The monoisotopic (exact) mass is 332 g/mol. The van der Waals surface area contributed by atoms with E-state index >= 15 is 0 Å². The third kappa shape index (κ3) is 8.56. The molecule has 1 aromatic carbocycles. The number of amides is 1. The van der Waals surface area contributed by atoms with Crippen molar-refractivity contribution < 1.29 is 4.79 Å². The van der Waals surface area contributed by atoms with Crippen molar-refractivity contribution in [2.75, 3.05) is 20.1 Å². The SMILES string of the molecule is CCCCCCCCN=C(N)NCCc1cccc(C(=O)NC)c1. The van der Waals surface area contributed by atoms with Gasteiger partial charge in [0.05, 0.1) is 0 Å². The first-order chi connectivity index (χ1) is 11.7. The van der Waals surface area contributed by atoms with E-state index in [0.717, 1.165) is 24.9 Å². The minimum absolute atomic E-state index is 0.0650. The summed E-state index contributed by atoms with van der Waals surface area (Å²) in [5.74, 6) is 0.441. The maximum Gasteiger partial charge on any atom is 0.251 e. The molecule has 5 heteroatoms. The van der Waals surface area contributed by atoms with E-state index in [1.54, 1.807) is 7.05 Å². The van der Waals surface area contributed by atoms with Gasteiger partial charge in [0, 0.05) is 25.7 Å². The highest BCUT2D eigenvalue weighted by atomic mass is 16.1. The van der Waals surface area contributed by atoms with Crippen molar-refractivity contribution in [2.45, 2.75) is 51.9 Å². The fourth-order valence-corrected chi connectivity index (χ4v) is 2.49. The molecule has 24 heavy (non-hydrogen) atoms. The van der Waals surface area contributed by atoms with Crippen molar-refractivity contribution in [2.24, 2.45) is 10.7 Å². The van der Waals surface area contributed by atoms with Gasteiger partial charge in [0.25, 0.3) is 5.91 Å². The Kier molecular flexibility index (Phi) is 10.3. The van der Waals surface area contributed by atoms with Gasteiger partial charge in [-0.3, -0.25) is 9.79 Å². The van der Waals surface area contributed by atoms with Crippen LogP contribution < -0.4 is 16.4 Å². The molecule has 0 heterocycles. The molecule has 0 aliphatic rings. The third-order valence-electron chi connectivity index (χ3n) is 3.93. The highest BCUT2D eigenvalue weighted by Gasteiger charge is 2.03. The van der Waals surface area contributed by atoms with Crippen LogP contribution in [0.4, 0.5) is 0 Å². The summed E-state index contributed by atoms with van der Waals surface area (Å²) in [6.07, 6.45) is 8.35. The highest BCUT2D eigenvalue weighted by molar-refractivity contribution is 5.94. The molecule has 134 valence electrons. The van der Waals surface area contributed by atoms with Gasteiger partial charge in [-0.15, -0.1) is 0 Å². The van der Waals surface area contributed by atoms with Gasteiger partial charge in [-0.25, -0.2) is 0 Å². The molecule has 0 spiro atoms. The first-order valence-corrected chi connectivity index (χ1v) is 9.02. The second-order valence-corrected chi connectivity index (χ2v) is 5.99. The zero-order valence-electron chi connectivity index (χ0n) is 15.1. The Morgan fingerprint density at radius 3 is 2.67 bits per heavy atom. The first kappa shape index (κ1) is 20.0. The normalized spacial score (nSPS) is 11.3. The van der Waals surface area contributed by atoms with Gasteiger partial charge in [0.15, 0.2) is 5.96 Å². The molecule has 0 aromatic heterocycles. The minimum Gasteiger partial charge on any atom is -0.370 e. The standard InChI is InChI=1S/C19H32N4O/c1-3-4-5-6-7-8-13-22-19(20)23-14-12-16-10-9-11-17(15-16)18(24)21-2/h9-11,15H,3-8,12-14H2,1-2H3,(H,21,24)(H3,20,22,23). The molecule has 0 saturated carbocycles. The molecular weight excluding hydrogens is 300 g/mol. The average molecular weight is 332 g/mol. The Labute approximate surface area is 146 Å². The van der Waals surface area contributed by atoms with Crippen molar-refractivity contribution in [3.63, 3.8) is 0 Å². The van der Waals surface area contributed by atoms with E-state index in [4.69, 9.17) is 5.73 Å². The second-order valence-electron chi connectivity index (χ2n) is 5.99. The number of hydrogen-bond donors (Lipinski definition) is 3. The minimum atomic E-state index is -0.0650. The molecule has 4 N–H and O–H groups in total. The smallest absolute Gasteiger partial charge is 0.251 e. The molecule has 1 rings (SSSR count). The number of hydrogen-bond acceptors (Lipinski definition) is 2. The number of rotatable bonds is 11. The summed E-state index contributed by atoms with van der Waals surface area (Å²) in [7, 11) is 1.64. The van der Waals surface area contributed by atoms with Crippen LogP contribution in [0.1, 0.15) is 61.4 Å². The second kappa shape index (κ2) is 12.4. The number of nitrogens with two attached hydrogens (primary N) is 1. The number of benzene rings is 1. The molecule has 0 bridgehead atoms. The average Bonchev–Trinajstić information content (AvgIpc) is 2.60. The van der Waals surface area contributed by atoms with Crippen molar-refractivity contribution in [3.8, 4) is 0 Å². The van der Waals surface area contributed by atoms with Gasteiger partial charge >= 0.3 is 0 Å². The van der Waals surface area contributed by atoms with Crippen LogP contribution in [0.2, 0.25) is 0 Å². The maximum atomic E-state index is 11.6. The van der Waals surface area contributed by atoms with E-state index < -0.39 is 0 Å². The van der Waals surface area contributed by atoms with Crippen molar-refractivity contribution in [3.05, 3.63) is 35.4 Å². The highest BCUT2D eigenvalue weighted by Crippen LogP contribution is 2.06. The summed E-state index contributed by atoms with van der Waals surface area (Å²) < 4.78 is 0. The molecular formula is C19H32N4O. The van der Waals surface area contributed by atoms with E-state index in [-0.39, 0.29) is 5.91 Å². The Morgan fingerprint density at radius 1 is 1.17 bits per heavy atom. The topological polar surface area (TPSA) is 79.5 Å². The molecule has 0 atom stereocenters. The van der Waals surface area contributed by atoms with Gasteiger partial charge in [-0.1, -0.05) is 51.2 Å². The molecule has 1 amide bonds. The molecule has 0 aliphatic heterocycles. The number of guanidine groups is 1. The summed E-state index contributed by atoms with van der Waals surface area (Å²) in [5.41, 5.74) is 7.66. The quantitative estimate of drug-likeness (QED) is 0.331. The number of aliphatic imine (C=N–C) groups is 1. The van der Waals surface area contributed by atoms with Crippen molar-refractivity contribution in [1.29, 1.82) is 0 Å². The van der Waals surface area contributed by atoms with E-state index in [1.165, 1.54) is 32.1 Å². The summed E-state index contributed by atoms with van der Waals surface area (Å²) in [5, 5.41) is 5.77. The predicted octanol–water partition coefficient (Wildman–Crippen LogP) is 2.85. The van der Waals surface area contributed by atoms with Crippen molar-refractivity contribution in [1.82, 2.24) is 10.6 Å². The Balaban J connectivity index is 2.21. The van der Waals surface area contributed by atoms with Crippen LogP contribution in [-0.2, 0) is 6.42 Å². The van der Waals surface area contributed by atoms with Crippen LogP contribution in [0.25, 0.3) is 0 Å². The third-order valence-corrected chi connectivity index (χ3v) is 3.93. The van der Waals surface area contributed by atoms with Crippen LogP contribution in [0.15, 0.2) is 29.3 Å². The zero-order chi connectivity index (χ0) is 17.6. The molecule has 1 aromatic rings. The maximum absolute atomic E-state index is 11.6. The lowest BCUT2D eigenvalue weighted by atomic mass is 10.1. The lowest BCUT2D eigenvalue weighted by Gasteiger charge is -2.07. The number of nitrogens with one attached hydrogen (secondary N) is 2. The molecule has 0 saturated heterocycles. The van der Waals surface area contributed by atoms with Gasteiger partial charge in [0.2, 0.25) is 0 Å². The number of nitrogens with zero attached hydrogens (tertiary/aromatic N) is 1. The van der Waals surface area contributed by atoms with E-state index in [2.05, 4.69) is 22.5 Å². The van der Waals surface area contributed by atoms with Crippen LogP contribution >= 0.6 is 0 Å². The van der Waals surface area contributed by atoms with Gasteiger partial charge in [-0.2, -0.15) is 0 Å². The Bertz CT molecular complexity index is 514. The van der Waals surface area contributed by atoms with Crippen LogP contribution in [0.3, 0.4) is 0 Å². The van der Waals surface area contributed by atoms with Gasteiger partial charge in [-0.05, 0) is 30.5 Å².